The Hall–Kier alpha value is -0.0800. The van der Waals surface area contributed by atoms with Crippen LogP contribution in [0, 0.1) is 0 Å². The lowest BCUT2D eigenvalue weighted by Gasteiger charge is -2.40. The maximum Gasteiger partial charge on any atom is 0.0195 e. The van der Waals surface area contributed by atoms with Gasteiger partial charge in [-0.1, -0.05) is 0 Å². The van der Waals surface area contributed by atoms with Gasteiger partial charge in [-0.3, -0.25) is 4.90 Å². The molecule has 1 aliphatic heterocycles. The average Bonchev–Trinajstić information content (AvgIpc) is 1.82. The number of hydrogen-bond acceptors (Lipinski definition) is 2. The quantitative estimate of drug-likeness (QED) is 0.490. The van der Waals surface area contributed by atoms with E-state index in [2.05, 4.69) is 37.7 Å². The van der Waals surface area contributed by atoms with Crippen LogP contribution in [0.4, 0.5) is 0 Å². The molecule has 2 atom stereocenters. The minimum absolute atomic E-state index is 0.716. The van der Waals surface area contributed by atoms with Crippen molar-refractivity contribution in [1.82, 2.24) is 9.80 Å². The fourth-order valence-electron chi connectivity index (χ4n) is 1.67. The smallest absolute Gasteiger partial charge is 0.0195 e. The van der Waals surface area contributed by atoms with Gasteiger partial charge in [-0.05, 0) is 27.9 Å². The number of piperazine rings is 1. The summed E-state index contributed by atoms with van der Waals surface area (Å²) >= 11 is 0. The van der Waals surface area contributed by atoms with E-state index in [4.69, 9.17) is 0 Å². The zero-order valence-electron chi connectivity index (χ0n) is 7.46. The Labute approximate surface area is 63.8 Å². The molecule has 1 aliphatic rings. The highest BCUT2D eigenvalue weighted by molar-refractivity contribution is 4.80. The van der Waals surface area contributed by atoms with E-state index >= 15 is 0 Å². The average molecular weight is 142 g/mol. The molecular formula is C8H18N2. The molecule has 2 nitrogen and oxygen atoms in total. The van der Waals surface area contributed by atoms with Crippen LogP contribution in [0.15, 0.2) is 0 Å². The van der Waals surface area contributed by atoms with Crippen molar-refractivity contribution in [3.63, 3.8) is 0 Å². The maximum absolute atomic E-state index is 2.44. The summed E-state index contributed by atoms with van der Waals surface area (Å²) in [4.78, 5) is 4.84. The first-order valence-electron chi connectivity index (χ1n) is 4.01. The van der Waals surface area contributed by atoms with Gasteiger partial charge in [0.2, 0.25) is 0 Å². The summed E-state index contributed by atoms with van der Waals surface area (Å²) in [6.45, 7) is 6.99. The van der Waals surface area contributed by atoms with Crippen LogP contribution in [0.1, 0.15) is 13.8 Å². The Balaban J connectivity index is 2.49. The third-order valence-electron chi connectivity index (χ3n) is 2.54. The van der Waals surface area contributed by atoms with Gasteiger partial charge in [-0.25, -0.2) is 0 Å². The van der Waals surface area contributed by atoms with Crippen molar-refractivity contribution in [2.45, 2.75) is 25.9 Å². The van der Waals surface area contributed by atoms with Crippen LogP contribution in [-0.2, 0) is 0 Å². The molecule has 0 radical (unpaired) electrons. The molecule has 0 spiro atoms. The van der Waals surface area contributed by atoms with E-state index in [0.29, 0.717) is 12.1 Å². The molecule has 2 heteroatoms. The van der Waals surface area contributed by atoms with E-state index in [1.54, 1.807) is 0 Å². The molecule has 0 aromatic rings. The second kappa shape index (κ2) is 2.89. The number of nitrogens with zero attached hydrogens (tertiary/aromatic N) is 2. The van der Waals surface area contributed by atoms with Crippen molar-refractivity contribution >= 4 is 0 Å². The number of rotatable bonds is 0. The second-order valence-corrected chi connectivity index (χ2v) is 3.58. The first-order valence-corrected chi connectivity index (χ1v) is 4.01. The van der Waals surface area contributed by atoms with Gasteiger partial charge in [-0.2, -0.15) is 0 Å². The monoisotopic (exact) mass is 142 g/mol. The molecule has 1 heterocycles. The Morgan fingerprint density at radius 2 is 1.40 bits per heavy atom. The van der Waals surface area contributed by atoms with Gasteiger partial charge in [0.05, 0.1) is 0 Å². The first-order chi connectivity index (χ1) is 4.61. The Bertz CT molecular complexity index is 102. The van der Waals surface area contributed by atoms with E-state index in [-0.39, 0.29) is 0 Å². The topological polar surface area (TPSA) is 6.48 Å². The van der Waals surface area contributed by atoms with Gasteiger partial charge >= 0.3 is 0 Å². The summed E-state index contributed by atoms with van der Waals surface area (Å²) in [6, 6.07) is 1.43. The van der Waals surface area contributed by atoms with Crippen LogP contribution < -0.4 is 0 Å². The highest BCUT2D eigenvalue weighted by Gasteiger charge is 2.23. The second-order valence-electron chi connectivity index (χ2n) is 3.58. The zero-order valence-corrected chi connectivity index (χ0v) is 7.46. The summed E-state index contributed by atoms with van der Waals surface area (Å²) in [7, 11) is 4.41. The molecule has 60 valence electrons. The zero-order chi connectivity index (χ0) is 7.72. The summed E-state index contributed by atoms with van der Waals surface area (Å²) < 4.78 is 0. The van der Waals surface area contributed by atoms with Crippen molar-refractivity contribution in [3.8, 4) is 0 Å². The van der Waals surface area contributed by atoms with Crippen LogP contribution in [0.2, 0.25) is 0 Å². The van der Waals surface area contributed by atoms with Crippen LogP contribution in [0.3, 0.4) is 0 Å². The Morgan fingerprint density at radius 1 is 1.00 bits per heavy atom. The molecule has 0 saturated carbocycles. The first kappa shape index (κ1) is 8.02. The van der Waals surface area contributed by atoms with Crippen LogP contribution >= 0.6 is 0 Å². The highest BCUT2D eigenvalue weighted by Crippen LogP contribution is 2.10. The van der Waals surface area contributed by atoms with Crippen molar-refractivity contribution in [3.05, 3.63) is 0 Å². The van der Waals surface area contributed by atoms with E-state index in [1.165, 1.54) is 13.1 Å². The predicted octanol–water partition coefficient (Wildman–Crippen LogP) is 0.641. The molecule has 0 aromatic heterocycles. The van der Waals surface area contributed by atoms with Gasteiger partial charge in [0.1, 0.15) is 0 Å². The van der Waals surface area contributed by atoms with Crippen LogP contribution in [-0.4, -0.2) is 49.1 Å². The molecule has 0 aliphatic carbocycles. The molecule has 1 saturated heterocycles. The van der Waals surface area contributed by atoms with Crippen molar-refractivity contribution in [2.24, 2.45) is 0 Å². The minimum Gasteiger partial charge on any atom is -0.303 e. The lowest BCUT2D eigenvalue weighted by Crippen LogP contribution is -2.53. The number of hydrogen-bond donors (Lipinski definition) is 0. The Kier molecular flexibility index (Phi) is 2.32. The SMILES string of the molecule is CC1CN(C)C[C@@H](C)N1C. The van der Waals surface area contributed by atoms with E-state index in [0.717, 1.165) is 0 Å². The molecule has 1 fully saturated rings. The summed E-state index contributed by atoms with van der Waals surface area (Å²) in [6.07, 6.45) is 0. The summed E-state index contributed by atoms with van der Waals surface area (Å²) in [5, 5.41) is 0. The lowest BCUT2D eigenvalue weighted by molar-refractivity contribution is 0.0761. The highest BCUT2D eigenvalue weighted by atomic mass is 15.3. The van der Waals surface area contributed by atoms with Gasteiger partial charge in [-0.15, -0.1) is 0 Å². The largest absolute Gasteiger partial charge is 0.303 e. The van der Waals surface area contributed by atoms with Crippen LogP contribution in [0.25, 0.3) is 0 Å². The van der Waals surface area contributed by atoms with Crippen molar-refractivity contribution in [2.75, 3.05) is 27.2 Å². The third-order valence-corrected chi connectivity index (χ3v) is 2.54. The van der Waals surface area contributed by atoms with Crippen molar-refractivity contribution in [1.29, 1.82) is 0 Å². The molecule has 10 heavy (non-hydrogen) atoms. The molecule has 0 aromatic carbocycles. The number of likely N-dealkylation sites (N-methyl/N-ethyl adjacent to an activating group) is 2. The minimum atomic E-state index is 0.716. The van der Waals surface area contributed by atoms with Gasteiger partial charge < -0.3 is 4.90 Å². The summed E-state index contributed by atoms with van der Waals surface area (Å²) in [5.74, 6) is 0. The molecule has 1 unspecified atom stereocenters. The fraction of sp³-hybridized carbons (Fsp3) is 1.00. The van der Waals surface area contributed by atoms with E-state index < -0.39 is 0 Å². The molecule has 1 rings (SSSR count). The standard InChI is InChI=1S/C8H18N2/c1-7-5-9(3)6-8(2)10(7)4/h7-8H,5-6H2,1-4H3/t7-,8?/m1/s1. The van der Waals surface area contributed by atoms with Gasteiger partial charge in [0.15, 0.2) is 0 Å². The lowest BCUT2D eigenvalue weighted by atomic mass is 10.1. The van der Waals surface area contributed by atoms with Gasteiger partial charge in [0.25, 0.3) is 0 Å². The van der Waals surface area contributed by atoms with Crippen molar-refractivity contribution < 1.29 is 0 Å². The third kappa shape index (κ3) is 1.50. The molecule has 0 amide bonds. The molecular weight excluding hydrogens is 124 g/mol. The fourth-order valence-corrected chi connectivity index (χ4v) is 1.67. The van der Waals surface area contributed by atoms with E-state index in [9.17, 15) is 0 Å². The molecule has 0 bridgehead atoms. The maximum atomic E-state index is 2.44. The Morgan fingerprint density at radius 3 is 1.80 bits per heavy atom. The molecule has 0 N–H and O–H groups in total. The van der Waals surface area contributed by atoms with Gasteiger partial charge in [0, 0.05) is 25.2 Å². The van der Waals surface area contributed by atoms with E-state index in [1.807, 2.05) is 0 Å². The predicted molar refractivity (Wildman–Crippen MR) is 44.2 cm³/mol. The summed E-state index contributed by atoms with van der Waals surface area (Å²) in [5.41, 5.74) is 0. The van der Waals surface area contributed by atoms with Crippen LogP contribution in [0.5, 0.6) is 0 Å². The normalized spacial score (nSPS) is 38.4.